The van der Waals surface area contributed by atoms with Crippen molar-refractivity contribution in [2.75, 3.05) is 6.61 Å². The third kappa shape index (κ3) is 3.73. The minimum Gasteiger partial charge on any atom is -0.493 e. The first kappa shape index (κ1) is 12.4. The van der Waals surface area contributed by atoms with Gasteiger partial charge in [0.25, 0.3) is 0 Å². The summed E-state index contributed by atoms with van der Waals surface area (Å²) < 4.78 is 5.55. The first-order valence-electron chi connectivity index (χ1n) is 4.62. The van der Waals surface area contributed by atoms with Crippen molar-refractivity contribution in [1.82, 2.24) is 0 Å². The van der Waals surface area contributed by atoms with Crippen molar-refractivity contribution in [3.05, 3.63) is 28.8 Å². The Morgan fingerprint density at radius 3 is 2.93 bits per heavy atom. The van der Waals surface area contributed by atoms with Gasteiger partial charge < -0.3 is 4.74 Å². The van der Waals surface area contributed by atoms with E-state index in [1.807, 2.05) is 18.2 Å². The number of hydrogen-bond donors (Lipinski definition) is 0. The molecule has 0 heterocycles. The highest BCUT2D eigenvalue weighted by atomic mass is 79.9. The third-order valence-corrected chi connectivity index (χ3v) is 2.81. The van der Waals surface area contributed by atoms with E-state index in [0.717, 1.165) is 17.7 Å². The summed E-state index contributed by atoms with van der Waals surface area (Å²) in [5, 5.41) is 9.74. The van der Waals surface area contributed by atoms with Gasteiger partial charge in [0, 0.05) is 22.3 Å². The number of benzene rings is 1. The quantitative estimate of drug-likeness (QED) is 0.608. The van der Waals surface area contributed by atoms with Gasteiger partial charge in [-0.25, -0.2) is 0 Å². The molecule has 1 aromatic rings. The van der Waals surface area contributed by atoms with E-state index < -0.39 is 0 Å². The van der Waals surface area contributed by atoms with E-state index in [0.29, 0.717) is 23.4 Å². The second kappa shape index (κ2) is 6.71. The van der Waals surface area contributed by atoms with Crippen molar-refractivity contribution in [3.8, 4) is 11.8 Å². The molecule has 0 saturated heterocycles. The van der Waals surface area contributed by atoms with Crippen LogP contribution < -0.4 is 4.74 Å². The second-order valence-electron chi connectivity index (χ2n) is 2.96. The summed E-state index contributed by atoms with van der Waals surface area (Å²) in [5.41, 5.74) is 0.955. The van der Waals surface area contributed by atoms with Gasteiger partial charge in [-0.05, 0) is 18.6 Å². The highest BCUT2D eigenvalue weighted by Crippen LogP contribution is 2.28. The van der Waals surface area contributed by atoms with Gasteiger partial charge in [0.15, 0.2) is 0 Å². The molecule has 0 unspecified atom stereocenters. The summed E-state index contributed by atoms with van der Waals surface area (Å²) >= 11 is 9.37. The van der Waals surface area contributed by atoms with Gasteiger partial charge in [-0.3, -0.25) is 0 Å². The molecule has 2 nitrogen and oxygen atoms in total. The highest BCUT2D eigenvalue weighted by molar-refractivity contribution is 9.08. The largest absolute Gasteiger partial charge is 0.493 e. The van der Waals surface area contributed by atoms with E-state index in [2.05, 4.69) is 22.0 Å². The maximum atomic E-state index is 8.37. The van der Waals surface area contributed by atoms with Gasteiger partial charge in [-0.1, -0.05) is 33.6 Å². The normalized spacial score (nSPS) is 9.67. The maximum absolute atomic E-state index is 8.37. The Kier molecular flexibility index (Phi) is 5.52. The minimum absolute atomic E-state index is 0.518. The van der Waals surface area contributed by atoms with Crippen molar-refractivity contribution >= 4 is 27.5 Å². The average Bonchev–Trinajstić information content (AvgIpc) is 2.24. The summed E-state index contributed by atoms with van der Waals surface area (Å²) in [6, 6.07) is 7.65. The van der Waals surface area contributed by atoms with Crippen LogP contribution in [0.2, 0.25) is 5.02 Å². The molecule has 0 aliphatic rings. The van der Waals surface area contributed by atoms with Crippen LogP contribution in [0.4, 0.5) is 0 Å². The van der Waals surface area contributed by atoms with Crippen LogP contribution in [0.15, 0.2) is 18.2 Å². The lowest BCUT2D eigenvalue weighted by Gasteiger charge is -2.10. The van der Waals surface area contributed by atoms with E-state index >= 15 is 0 Å². The molecule has 0 spiro atoms. The molecule has 0 aliphatic heterocycles. The fraction of sp³-hybridized carbons (Fsp3) is 0.364. The van der Waals surface area contributed by atoms with Crippen molar-refractivity contribution in [1.29, 1.82) is 5.26 Å². The molecule has 0 radical (unpaired) electrons. The highest BCUT2D eigenvalue weighted by Gasteiger charge is 2.06. The smallest absolute Gasteiger partial charge is 0.124 e. The first-order valence-corrected chi connectivity index (χ1v) is 6.12. The number of unbranched alkanes of at least 4 members (excludes halogenated alkanes) is 1. The molecular weight excluding hydrogens is 277 g/mol. The maximum Gasteiger partial charge on any atom is 0.124 e. The van der Waals surface area contributed by atoms with Crippen LogP contribution in [0.3, 0.4) is 0 Å². The topological polar surface area (TPSA) is 33.0 Å². The zero-order chi connectivity index (χ0) is 11.1. The molecule has 0 N–H and O–H groups in total. The molecule has 0 atom stereocenters. The van der Waals surface area contributed by atoms with Gasteiger partial charge in [0.05, 0.1) is 12.7 Å². The van der Waals surface area contributed by atoms with Gasteiger partial charge in [-0.2, -0.15) is 5.26 Å². The van der Waals surface area contributed by atoms with E-state index in [-0.39, 0.29) is 0 Å². The predicted octanol–water partition coefficient (Wildman–Crippen LogP) is 3.92. The fourth-order valence-corrected chi connectivity index (χ4v) is 2.11. The number of rotatable bonds is 5. The average molecular weight is 289 g/mol. The fourth-order valence-electron chi connectivity index (χ4n) is 1.14. The van der Waals surface area contributed by atoms with Crippen LogP contribution in [0.5, 0.6) is 5.75 Å². The molecule has 0 aliphatic carbocycles. The molecule has 0 saturated carbocycles. The molecule has 0 aromatic heterocycles. The molecule has 0 bridgehead atoms. The zero-order valence-electron chi connectivity index (χ0n) is 8.17. The lowest BCUT2D eigenvalue weighted by atomic mass is 10.2. The number of hydrogen-bond acceptors (Lipinski definition) is 2. The summed E-state index contributed by atoms with van der Waals surface area (Å²) in [6.07, 6.45) is 1.26. The van der Waals surface area contributed by atoms with Gasteiger partial charge in [-0.15, -0.1) is 0 Å². The van der Waals surface area contributed by atoms with Crippen LogP contribution in [0.1, 0.15) is 18.4 Å². The number of halogens is 2. The number of ether oxygens (including phenoxy) is 1. The lowest BCUT2D eigenvalue weighted by molar-refractivity contribution is 0.310. The Balaban J connectivity index is 2.60. The molecule has 1 aromatic carbocycles. The van der Waals surface area contributed by atoms with Crippen molar-refractivity contribution in [3.63, 3.8) is 0 Å². The van der Waals surface area contributed by atoms with E-state index in [4.69, 9.17) is 21.6 Å². The Morgan fingerprint density at radius 2 is 2.27 bits per heavy atom. The molecule has 0 amide bonds. The van der Waals surface area contributed by atoms with Crippen LogP contribution >= 0.6 is 27.5 Å². The van der Waals surface area contributed by atoms with E-state index in [9.17, 15) is 0 Å². The standard InChI is InChI=1S/C11H11BrClNO/c12-8-9-10(13)4-3-5-11(9)15-7-2-1-6-14/h3-5H,1-2,7-8H2. The predicted molar refractivity (Wildman–Crippen MR) is 64.4 cm³/mol. The first-order chi connectivity index (χ1) is 7.29. The Labute approximate surface area is 103 Å². The van der Waals surface area contributed by atoms with Crippen molar-refractivity contribution < 1.29 is 4.74 Å². The van der Waals surface area contributed by atoms with E-state index in [1.54, 1.807) is 0 Å². The Hall–Kier alpha value is -0.720. The Bertz CT molecular complexity index is 362. The molecule has 1 rings (SSSR count). The van der Waals surface area contributed by atoms with Crippen molar-refractivity contribution in [2.24, 2.45) is 0 Å². The molecule has 0 fully saturated rings. The lowest BCUT2D eigenvalue weighted by Crippen LogP contribution is -1.99. The zero-order valence-corrected chi connectivity index (χ0v) is 10.5. The summed E-state index contributed by atoms with van der Waals surface area (Å²) in [4.78, 5) is 0. The van der Waals surface area contributed by atoms with Gasteiger partial charge >= 0.3 is 0 Å². The Morgan fingerprint density at radius 1 is 1.47 bits per heavy atom. The minimum atomic E-state index is 0.518. The van der Waals surface area contributed by atoms with Crippen LogP contribution in [-0.2, 0) is 5.33 Å². The third-order valence-electron chi connectivity index (χ3n) is 1.90. The van der Waals surface area contributed by atoms with Gasteiger partial charge in [0.1, 0.15) is 5.75 Å². The summed E-state index contributed by atoms with van der Waals surface area (Å²) in [7, 11) is 0. The van der Waals surface area contributed by atoms with Crippen LogP contribution in [0, 0.1) is 11.3 Å². The molecule has 80 valence electrons. The van der Waals surface area contributed by atoms with E-state index in [1.165, 1.54) is 0 Å². The molecule has 15 heavy (non-hydrogen) atoms. The monoisotopic (exact) mass is 287 g/mol. The van der Waals surface area contributed by atoms with Crippen molar-refractivity contribution in [2.45, 2.75) is 18.2 Å². The second-order valence-corrected chi connectivity index (χ2v) is 3.93. The van der Waals surface area contributed by atoms with Crippen LogP contribution in [0.25, 0.3) is 0 Å². The molecular formula is C11H11BrClNO. The van der Waals surface area contributed by atoms with Crippen LogP contribution in [-0.4, -0.2) is 6.61 Å². The number of alkyl halides is 1. The molecule has 4 heteroatoms. The number of nitriles is 1. The summed E-state index contributed by atoms with van der Waals surface area (Å²) in [5.74, 6) is 0.789. The summed E-state index contributed by atoms with van der Waals surface area (Å²) in [6.45, 7) is 0.550. The van der Waals surface area contributed by atoms with Gasteiger partial charge in [0.2, 0.25) is 0 Å². The SMILES string of the molecule is N#CCCCOc1cccc(Cl)c1CBr. The number of nitrogens with zero attached hydrogens (tertiary/aromatic N) is 1.